The van der Waals surface area contributed by atoms with Crippen LogP contribution in [0.5, 0.6) is 0 Å². The molecule has 9 heteroatoms. The Morgan fingerprint density at radius 3 is 2.62 bits per heavy atom. The number of hydrogen-bond donors (Lipinski definition) is 2. The monoisotopic (exact) mass is 351 g/mol. The lowest BCUT2D eigenvalue weighted by Crippen LogP contribution is -2.20. The lowest BCUT2D eigenvalue weighted by Gasteiger charge is -2.09. The molecule has 0 radical (unpaired) electrons. The van der Waals surface area contributed by atoms with Crippen molar-refractivity contribution in [2.45, 2.75) is 11.9 Å². The number of carbonyl (C=O) groups is 2. The fourth-order valence-corrected chi connectivity index (χ4v) is 2.74. The fourth-order valence-electron chi connectivity index (χ4n) is 1.87. The molecule has 126 valence electrons. The van der Waals surface area contributed by atoms with E-state index >= 15 is 0 Å². The van der Waals surface area contributed by atoms with Gasteiger partial charge in [0, 0.05) is 11.4 Å². The van der Waals surface area contributed by atoms with Gasteiger partial charge in [-0.1, -0.05) is 11.8 Å². The molecule has 0 saturated heterocycles. The van der Waals surface area contributed by atoms with Gasteiger partial charge >= 0.3 is 11.7 Å². The maximum absolute atomic E-state index is 12.8. The van der Waals surface area contributed by atoms with Gasteiger partial charge in [0.1, 0.15) is 16.4 Å². The second-order valence-corrected chi connectivity index (χ2v) is 5.65. The van der Waals surface area contributed by atoms with Gasteiger partial charge in [0.15, 0.2) is 0 Å². The Labute approximate surface area is 140 Å². The maximum Gasteiger partial charge on any atom is 0.346 e. The molecule has 0 fully saturated rings. The highest BCUT2D eigenvalue weighted by molar-refractivity contribution is 8.00. The lowest BCUT2D eigenvalue weighted by molar-refractivity contribution is -0.113. The molecule has 0 spiro atoms. The van der Waals surface area contributed by atoms with Gasteiger partial charge in [-0.05, 0) is 31.2 Å². The van der Waals surface area contributed by atoms with Gasteiger partial charge in [-0.2, -0.15) is 4.98 Å². The molecule has 24 heavy (non-hydrogen) atoms. The normalized spacial score (nSPS) is 10.3. The fraction of sp³-hybridized carbons (Fsp3) is 0.200. The van der Waals surface area contributed by atoms with Gasteiger partial charge < -0.3 is 15.0 Å². The van der Waals surface area contributed by atoms with Crippen molar-refractivity contribution in [3.63, 3.8) is 0 Å². The van der Waals surface area contributed by atoms with Crippen LogP contribution in [0.2, 0.25) is 0 Å². The third-order valence-electron chi connectivity index (χ3n) is 2.94. The van der Waals surface area contributed by atoms with Crippen molar-refractivity contribution in [2.24, 2.45) is 0 Å². The van der Waals surface area contributed by atoms with Crippen LogP contribution in [0.25, 0.3) is 0 Å². The van der Waals surface area contributed by atoms with Crippen LogP contribution in [0, 0.1) is 12.7 Å². The van der Waals surface area contributed by atoms with E-state index in [9.17, 15) is 18.8 Å². The summed E-state index contributed by atoms with van der Waals surface area (Å²) in [6, 6.07) is 5.29. The molecule has 2 N–H and O–H groups in total. The first-order valence-corrected chi connectivity index (χ1v) is 7.76. The molecular formula is C15H14FN3O4S. The van der Waals surface area contributed by atoms with Crippen molar-refractivity contribution in [1.82, 2.24) is 9.97 Å². The zero-order valence-electron chi connectivity index (χ0n) is 12.9. The summed E-state index contributed by atoms with van der Waals surface area (Å²) >= 11 is 0.932. The Bertz CT molecular complexity index is 820. The number of aromatic amines is 1. The van der Waals surface area contributed by atoms with E-state index < -0.39 is 17.5 Å². The van der Waals surface area contributed by atoms with Crippen LogP contribution in [0.15, 0.2) is 34.1 Å². The zero-order valence-corrected chi connectivity index (χ0v) is 13.7. The van der Waals surface area contributed by atoms with Crippen LogP contribution in [-0.4, -0.2) is 34.7 Å². The number of benzene rings is 1. The standard InChI is InChI=1S/C15H14FN3O4S/c1-8-12(14(21)23-2)13(19-15(22)17-8)24-7-11(20)18-10-5-3-9(16)4-6-10/h3-6H,7H2,1-2H3,(H,18,20)(H,17,19,22). The van der Waals surface area contributed by atoms with E-state index in [1.54, 1.807) is 0 Å². The van der Waals surface area contributed by atoms with Crippen LogP contribution < -0.4 is 11.0 Å². The van der Waals surface area contributed by atoms with Gasteiger partial charge in [0.25, 0.3) is 0 Å². The summed E-state index contributed by atoms with van der Waals surface area (Å²) in [5, 5.41) is 2.68. The number of aromatic nitrogens is 2. The number of ether oxygens (including phenoxy) is 1. The lowest BCUT2D eigenvalue weighted by atomic mass is 10.2. The maximum atomic E-state index is 12.8. The number of amides is 1. The molecule has 0 saturated carbocycles. The van der Waals surface area contributed by atoms with Crippen LogP contribution in [0.1, 0.15) is 16.1 Å². The molecule has 2 aromatic rings. The smallest absolute Gasteiger partial charge is 0.346 e. The summed E-state index contributed by atoms with van der Waals surface area (Å²) in [7, 11) is 1.21. The zero-order chi connectivity index (χ0) is 17.7. The highest BCUT2D eigenvalue weighted by Gasteiger charge is 2.19. The number of carbonyl (C=O) groups excluding carboxylic acids is 2. The molecular weight excluding hydrogens is 337 g/mol. The minimum atomic E-state index is -0.655. The Hall–Kier alpha value is -2.68. The number of aryl methyl sites for hydroxylation is 1. The van der Waals surface area contributed by atoms with E-state index in [1.165, 1.54) is 38.3 Å². The largest absolute Gasteiger partial charge is 0.465 e. The van der Waals surface area contributed by atoms with E-state index in [-0.39, 0.29) is 22.2 Å². The molecule has 1 amide bonds. The van der Waals surface area contributed by atoms with Gasteiger partial charge in [0.2, 0.25) is 5.91 Å². The number of H-pyrrole nitrogens is 1. The molecule has 0 atom stereocenters. The second kappa shape index (κ2) is 7.73. The first-order chi connectivity index (χ1) is 11.4. The van der Waals surface area contributed by atoms with Crippen molar-refractivity contribution < 1.29 is 18.7 Å². The van der Waals surface area contributed by atoms with Crippen molar-refractivity contribution in [1.29, 1.82) is 0 Å². The van der Waals surface area contributed by atoms with Gasteiger partial charge in [-0.15, -0.1) is 0 Å². The molecule has 1 aromatic carbocycles. The highest BCUT2D eigenvalue weighted by atomic mass is 32.2. The average molecular weight is 351 g/mol. The minimum Gasteiger partial charge on any atom is -0.465 e. The predicted molar refractivity (Wildman–Crippen MR) is 86.7 cm³/mol. The summed E-state index contributed by atoms with van der Waals surface area (Å²) in [6.07, 6.45) is 0. The van der Waals surface area contributed by atoms with E-state index in [4.69, 9.17) is 0 Å². The van der Waals surface area contributed by atoms with E-state index in [0.717, 1.165) is 11.8 Å². The molecule has 1 aromatic heterocycles. The summed E-state index contributed by atoms with van der Waals surface area (Å²) in [6.45, 7) is 1.54. The Morgan fingerprint density at radius 1 is 1.33 bits per heavy atom. The van der Waals surface area contributed by atoms with Gasteiger partial charge in [0.05, 0.1) is 12.9 Å². The Morgan fingerprint density at radius 2 is 2.00 bits per heavy atom. The van der Waals surface area contributed by atoms with Crippen LogP contribution >= 0.6 is 11.8 Å². The van der Waals surface area contributed by atoms with E-state index in [0.29, 0.717) is 11.4 Å². The quantitative estimate of drug-likeness (QED) is 0.483. The minimum absolute atomic E-state index is 0.0860. The third-order valence-corrected chi connectivity index (χ3v) is 3.92. The topological polar surface area (TPSA) is 101 Å². The van der Waals surface area contributed by atoms with Crippen molar-refractivity contribution in [3.05, 3.63) is 51.8 Å². The number of anilines is 1. The number of hydrogen-bond acceptors (Lipinski definition) is 6. The summed E-state index contributed by atoms with van der Waals surface area (Å²) in [4.78, 5) is 41.3. The molecule has 7 nitrogen and oxygen atoms in total. The molecule has 2 rings (SSSR count). The van der Waals surface area contributed by atoms with Crippen molar-refractivity contribution in [3.8, 4) is 0 Å². The number of esters is 1. The van der Waals surface area contributed by atoms with Crippen molar-refractivity contribution >= 4 is 29.3 Å². The van der Waals surface area contributed by atoms with Crippen LogP contribution in [-0.2, 0) is 9.53 Å². The summed E-state index contributed by atoms with van der Waals surface area (Å²) in [5.41, 5.74) is 0.229. The molecule has 1 heterocycles. The van der Waals surface area contributed by atoms with Crippen LogP contribution in [0.4, 0.5) is 10.1 Å². The number of nitrogens with zero attached hydrogens (tertiary/aromatic N) is 1. The molecule has 0 unspecified atom stereocenters. The molecule has 0 aliphatic rings. The Kier molecular flexibility index (Phi) is 5.69. The summed E-state index contributed by atoms with van der Waals surface area (Å²) in [5.74, 6) is -1.54. The second-order valence-electron chi connectivity index (χ2n) is 4.68. The van der Waals surface area contributed by atoms with E-state index in [1.807, 2.05) is 0 Å². The predicted octanol–water partition coefficient (Wildman–Crippen LogP) is 1.73. The number of rotatable bonds is 5. The first-order valence-electron chi connectivity index (χ1n) is 6.78. The van der Waals surface area contributed by atoms with Gasteiger partial charge in [-0.3, -0.25) is 4.79 Å². The molecule has 0 bridgehead atoms. The van der Waals surface area contributed by atoms with E-state index in [2.05, 4.69) is 20.0 Å². The SMILES string of the molecule is COC(=O)c1c(SCC(=O)Nc2ccc(F)cc2)nc(=O)[nH]c1C. The average Bonchev–Trinajstić information content (AvgIpc) is 2.54. The van der Waals surface area contributed by atoms with Gasteiger partial charge in [-0.25, -0.2) is 14.0 Å². The number of thioether (sulfide) groups is 1. The molecule has 0 aliphatic carbocycles. The molecule has 0 aliphatic heterocycles. The highest BCUT2D eigenvalue weighted by Crippen LogP contribution is 2.22. The Balaban J connectivity index is 2.11. The first kappa shape index (κ1) is 17.7. The number of halogens is 1. The summed E-state index contributed by atoms with van der Waals surface area (Å²) < 4.78 is 17.5. The van der Waals surface area contributed by atoms with Crippen molar-refractivity contribution in [2.75, 3.05) is 18.2 Å². The van der Waals surface area contributed by atoms with Crippen LogP contribution in [0.3, 0.4) is 0 Å². The number of methoxy groups -OCH3 is 1. The number of nitrogens with one attached hydrogen (secondary N) is 2. The third kappa shape index (κ3) is 4.42.